The van der Waals surface area contributed by atoms with E-state index in [4.69, 9.17) is 9.26 Å². The Kier molecular flexibility index (Phi) is 5.33. The van der Waals surface area contributed by atoms with E-state index in [0.29, 0.717) is 35.9 Å². The topological polar surface area (TPSA) is 103 Å². The molecule has 0 saturated carbocycles. The van der Waals surface area contributed by atoms with Crippen molar-refractivity contribution in [3.05, 3.63) is 53.2 Å². The van der Waals surface area contributed by atoms with Crippen molar-refractivity contribution in [3.63, 3.8) is 0 Å². The lowest BCUT2D eigenvalue weighted by Gasteiger charge is -2.16. The van der Waals surface area contributed by atoms with Crippen molar-refractivity contribution < 1.29 is 22.1 Å². The third-order valence-electron chi connectivity index (χ3n) is 5.22. The van der Waals surface area contributed by atoms with Crippen LogP contribution < -0.4 is 4.74 Å². The van der Waals surface area contributed by atoms with Crippen LogP contribution in [0.25, 0.3) is 0 Å². The maximum Gasteiger partial charge on any atom is 0.264 e. The van der Waals surface area contributed by atoms with Crippen molar-refractivity contribution in [1.29, 1.82) is 0 Å². The average Bonchev–Trinajstić information content (AvgIpc) is 3.41. The number of hydrogen-bond acceptors (Lipinski definition) is 7. The molecule has 30 heavy (non-hydrogen) atoms. The molecule has 2 aromatic heterocycles. The highest BCUT2D eigenvalue weighted by atomic mass is 32.2. The molecule has 0 amide bonds. The van der Waals surface area contributed by atoms with Gasteiger partial charge in [-0.2, -0.15) is 14.4 Å². The summed E-state index contributed by atoms with van der Waals surface area (Å²) in [6, 6.07) is 5.62. The van der Waals surface area contributed by atoms with Gasteiger partial charge in [-0.15, -0.1) is 0 Å². The molecule has 0 N–H and O–H groups in total. The molecule has 0 bridgehead atoms. The van der Waals surface area contributed by atoms with Gasteiger partial charge in [-0.25, -0.2) is 12.8 Å². The summed E-state index contributed by atoms with van der Waals surface area (Å²) in [4.78, 5) is 4.60. The van der Waals surface area contributed by atoms with Gasteiger partial charge in [0.15, 0.2) is 12.4 Å². The summed E-state index contributed by atoms with van der Waals surface area (Å²) in [5, 5.41) is 8.20. The maximum atomic E-state index is 13.1. The predicted octanol–water partition coefficient (Wildman–Crippen LogP) is 2.32. The first-order chi connectivity index (χ1) is 14.3. The van der Waals surface area contributed by atoms with Gasteiger partial charge in [0.25, 0.3) is 5.89 Å². The van der Waals surface area contributed by atoms with Gasteiger partial charge >= 0.3 is 0 Å². The van der Waals surface area contributed by atoms with Crippen LogP contribution in [0.1, 0.15) is 35.4 Å². The van der Waals surface area contributed by atoms with Crippen molar-refractivity contribution in [2.24, 2.45) is 7.05 Å². The molecule has 1 unspecified atom stereocenters. The second kappa shape index (κ2) is 7.80. The molecule has 0 spiro atoms. The number of benzene rings is 1. The van der Waals surface area contributed by atoms with Gasteiger partial charge in [0.1, 0.15) is 16.5 Å². The van der Waals surface area contributed by atoms with Crippen molar-refractivity contribution in [3.8, 4) is 5.75 Å². The summed E-state index contributed by atoms with van der Waals surface area (Å²) < 4.78 is 52.9. The highest BCUT2D eigenvalue weighted by molar-refractivity contribution is 7.89. The summed E-state index contributed by atoms with van der Waals surface area (Å²) in [5.74, 6) is 0.691. The highest BCUT2D eigenvalue weighted by Crippen LogP contribution is 2.31. The van der Waals surface area contributed by atoms with E-state index < -0.39 is 10.0 Å². The standard InChI is InChI=1S/C19H22FN5O4S/c1-12-18(13(2)24(3)22-12)30(26,27)25-9-8-14(10-25)19-21-17(29-23-19)11-28-16-6-4-15(20)5-7-16/h4-7,14H,8-11H2,1-3H3. The Bertz CT molecular complexity index is 1160. The van der Waals surface area contributed by atoms with Crippen LogP contribution in [-0.4, -0.2) is 45.7 Å². The van der Waals surface area contributed by atoms with Crippen molar-refractivity contribution in [1.82, 2.24) is 24.2 Å². The fourth-order valence-electron chi connectivity index (χ4n) is 3.58. The summed E-state index contributed by atoms with van der Waals surface area (Å²) in [6.45, 7) is 4.12. The number of aryl methyl sites for hydroxylation is 2. The molecule has 11 heteroatoms. The molecule has 1 aliphatic rings. The minimum absolute atomic E-state index is 0.0431. The number of nitrogens with zero attached hydrogens (tertiary/aromatic N) is 5. The van der Waals surface area contributed by atoms with Crippen LogP contribution in [-0.2, 0) is 23.7 Å². The summed E-state index contributed by atoms with van der Waals surface area (Å²) in [7, 11) is -1.93. The average molecular weight is 435 g/mol. The third-order valence-corrected chi connectivity index (χ3v) is 7.33. The van der Waals surface area contributed by atoms with E-state index >= 15 is 0 Å². The summed E-state index contributed by atoms with van der Waals surface area (Å²) in [6.07, 6.45) is 0.593. The van der Waals surface area contributed by atoms with Gasteiger partial charge in [-0.3, -0.25) is 4.68 Å². The van der Waals surface area contributed by atoms with Crippen molar-refractivity contribution in [2.45, 2.75) is 37.7 Å². The number of ether oxygens (including phenoxy) is 1. The molecule has 1 aliphatic heterocycles. The number of sulfonamides is 1. The number of aromatic nitrogens is 4. The predicted molar refractivity (Wildman–Crippen MR) is 104 cm³/mol. The normalized spacial score (nSPS) is 17.5. The number of hydrogen-bond donors (Lipinski definition) is 0. The molecular formula is C19H22FN5O4S. The molecule has 1 fully saturated rings. The number of halogens is 1. The van der Waals surface area contributed by atoms with Crippen molar-refractivity contribution in [2.75, 3.05) is 13.1 Å². The second-order valence-corrected chi connectivity index (χ2v) is 9.14. The fourth-order valence-corrected chi connectivity index (χ4v) is 5.48. The lowest BCUT2D eigenvalue weighted by Crippen LogP contribution is -2.29. The van der Waals surface area contributed by atoms with E-state index in [1.807, 2.05) is 0 Å². The quantitative estimate of drug-likeness (QED) is 0.585. The molecule has 160 valence electrons. The Morgan fingerprint density at radius 3 is 2.67 bits per heavy atom. The molecule has 1 aromatic carbocycles. The van der Waals surface area contributed by atoms with Crippen LogP contribution in [0.2, 0.25) is 0 Å². The van der Waals surface area contributed by atoms with Crippen molar-refractivity contribution >= 4 is 10.0 Å². The van der Waals surface area contributed by atoms with E-state index in [9.17, 15) is 12.8 Å². The lowest BCUT2D eigenvalue weighted by molar-refractivity contribution is 0.242. The first kappa shape index (κ1) is 20.5. The first-order valence-corrected chi connectivity index (χ1v) is 10.9. The molecule has 0 aliphatic carbocycles. The zero-order valence-electron chi connectivity index (χ0n) is 16.9. The molecule has 1 atom stereocenters. The Hall–Kier alpha value is -2.79. The molecular weight excluding hydrogens is 413 g/mol. The lowest BCUT2D eigenvalue weighted by atomic mass is 10.1. The van der Waals surface area contributed by atoms with E-state index in [-0.39, 0.29) is 35.7 Å². The molecule has 3 aromatic rings. The highest BCUT2D eigenvalue weighted by Gasteiger charge is 2.38. The molecule has 0 radical (unpaired) electrons. The molecule has 3 heterocycles. The maximum absolute atomic E-state index is 13.1. The minimum Gasteiger partial charge on any atom is -0.484 e. The third kappa shape index (κ3) is 3.82. The van der Waals surface area contributed by atoms with Crippen LogP contribution in [0, 0.1) is 19.7 Å². The largest absolute Gasteiger partial charge is 0.484 e. The van der Waals surface area contributed by atoms with Gasteiger partial charge in [0.05, 0.1) is 11.4 Å². The Morgan fingerprint density at radius 2 is 2.00 bits per heavy atom. The Balaban J connectivity index is 1.43. The number of rotatable bonds is 6. The van der Waals surface area contributed by atoms with Gasteiger partial charge in [-0.1, -0.05) is 5.16 Å². The van der Waals surface area contributed by atoms with Crippen LogP contribution >= 0.6 is 0 Å². The van der Waals surface area contributed by atoms with Gasteiger partial charge in [0.2, 0.25) is 10.0 Å². The van der Waals surface area contributed by atoms with E-state index in [0.717, 1.165) is 0 Å². The fraction of sp³-hybridized carbons (Fsp3) is 0.421. The van der Waals surface area contributed by atoms with Crippen LogP contribution in [0.4, 0.5) is 4.39 Å². The van der Waals surface area contributed by atoms with E-state index in [1.165, 1.54) is 28.6 Å². The first-order valence-electron chi connectivity index (χ1n) is 9.47. The molecule has 1 saturated heterocycles. The van der Waals surface area contributed by atoms with Crippen LogP contribution in [0.3, 0.4) is 0 Å². The van der Waals surface area contributed by atoms with E-state index in [2.05, 4.69) is 15.2 Å². The van der Waals surface area contributed by atoms with Crippen LogP contribution in [0.5, 0.6) is 5.75 Å². The van der Waals surface area contributed by atoms with Gasteiger partial charge in [0, 0.05) is 26.1 Å². The molecule has 9 nitrogen and oxygen atoms in total. The zero-order chi connectivity index (χ0) is 21.5. The summed E-state index contributed by atoms with van der Waals surface area (Å²) >= 11 is 0. The Labute approximate surface area is 173 Å². The van der Waals surface area contributed by atoms with Crippen LogP contribution in [0.15, 0.2) is 33.7 Å². The monoisotopic (exact) mass is 435 g/mol. The second-order valence-electron chi connectivity index (χ2n) is 7.26. The van der Waals surface area contributed by atoms with Gasteiger partial charge < -0.3 is 9.26 Å². The smallest absolute Gasteiger partial charge is 0.264 e. The SMILES string of the molecule is Cc1nn(C)c(C)c1S(=O)(=O)N1CCC(c2noc(COc3ccc(F)cc3)n2)C1. The van der Waals surface area contributed by atoms with E-state index in [1.54, 1.807) is 25.6 Å². The Morgan fingerprint density at radius 1 is 1.27 bits per heavy atom. The minimum atomic E-state index is -3.65. The van der Waals surface area contributed by atoms with Gasteiger partial charge in [-0.05, 0) is 44.5 Å². The zero-order valence-corrected chi connectivity index (χ0v) is 17.7. The summed E-state index contributed by atoms with van der Waals surface area (Å²) in [5.41, 5.74) is 1.09. The molecule has 4 rings (SSSR count).